The van der Waals surface area contributed by atoms with Crippen LogP contribution in [0.4, 0.5) is 5.69 Å². The van der Waals surface area contributed by atoms with Gasteiger partial charge >= 0.3 is 0 Å². The monoisotopic (exact) mass is 440 g/mol. The maximum absolute atomic E-state index is 13.2. The van der Waals surface area contributed by atoms with Gasteiger partial charge in [0.1, 0.15) is 6.61 Å². The largest absolute Gasteiger partial charge is 0.493 e. The molecule has 170 valence electrons. The molecule has 0 radical (unpaired) electrons. The van der Waals surface area contributed by atoms with Crippen LogP contribution in [0.25, 0.3) is 0 Å². The fraction of sp³-hybridized carbons (Fsp3) is 0.375. The minimum absolute atomic E-state index is 0.00303. The van der Waals surface area contributed by atoms with Gasteiger partial charge in [0, 0.05) is 31.8 Å². The highest BCUT2D eigenvalue weighted by atomic mass is 16.6. The fourth-order valence-corrected chi connectivity index (χ4v) is 3.61. The first kappa shape index (κ1) is 23.3. The molecule has 8 heteroatoms. The molecule has 3 rings (SSSR count). The van der Waals surface area contributed by atoms with Crippen molar-refractivity contribution in [3.05, 3.63) is 76.4 Å². The van der Waals surface area contributed by atoms with Crippen molar-refractivity contribution < 1.29 is 23.9 Å². The molecule has 0 N–H and O–H groups in total. The SMILES string of the molecule is C=CCOc1ccc(CN(CC2CCCO2)C(=O)Cc2ccc([N+](=O)[O-])cc2)cc1OC. The van der Waals surface area contributed by atoms with Crippen LogP contribution in [-0.4, -0.2) is 48.7 Å². The van der Waals surface area contributed by atoms with Crippen molar-refractivity contribution in [3.8, 4) is 11.5 Å². The molecule has 2 aromatic rings. The number of non-ortho nitro benzene ring substituents is 1. The topological polar surface area (TPSA) is 91.1 Å². The van der Waals surface area contributed by atoms with Gasteiger partial charge in [-0.25, -0.2) is 0 Å². The molecule has 2 aromatic carbocycles. The van der Waals surface area contributed by atoms with Crippen molar-refractivity contribution in [2.75, 3.05) is 26.9 Å². The Morgan fingerprint density at radius 2 is 2.00 bits per heavy atom. The summed E-state index contributed by atoms with van der Waals surface area (Å²) in [5.74, 6) is 1.13. The van der Waals surface area contributed by atoms with Crippen molar-refractivity contribution in [2.45, 2.75) is 31.9 Å². The van der Waals surface area contributed by atoms with Crippen LogP contribution in [0.3, 0.4) is 0 Å². The van der Waals surface area contributed by atoms with Crippen molar-refractivity contribution in [1.29, 1.82) is 0 Å². The Hall–Kier alpha value is -3.39. The van der Waals surface area contributed by atoms with Crippen molar-refractivity contribution in [2.24, 2.45) is 0 Å². The minimum atomic E-state index is -0.453. The molecule has 0 saturated carbocycles. The smallest absolute Gasteiger partial charge is 0.269 e. The van der Waals surface area contributed by atoms with E-state index in [1.54, 1.807) is 30.2 Å². The summed E-state index contributed by atoms with van der Waals surface area (Å²) in [6.07, 6.45) is 3.72. The van der Waals surface area contributed by atoms with Gasteiger partial charge in [-0.2, -0.15) is 0 Å². The molecule has 0 aliphatic carbocycles. The molecule has 1 atom stereocenters. The summed E-state index contributed by atoms with van der Waals surface area (Å²) in [5.41, 5.74) is 1.63. The average Bonchev–Trinajstić information content (AvgIpc) is 3.31. The fourth-order valence-electron chi connectivity index (χ4n) is 3.61. The number of hydrogen-bond donors (Lipinski definition) is 0. The predicted octanol–water partition coefficient (Wildman–Crippen LogP) is 3.92. The van der Waals surface area contributed by atoms with E-state index in [1.165, 1.54) is 12.1 Å². The summed E-state index contributed by atoms with van der Waals surface area (Å²) in [5, 5.41) is 10.9. The van der Waals surface area contributed by atoms with E-state index in [1.807, 2.05) is 18.2 Å². The number of hydrogen-bond acceptors (Lipinski definition) is 6. The molecular formula is C24H28N2O6. The lowest BCUT2D eigenvalue weighted by Gasteiger charge is -2.26. The third kappa shape index (κ3) is 6.31. The number of ether oxygens (including phenoxy) is 3. The maximum atomic E-state index is 13.2. The third-order valence-corrected chi connectivity index (χ3v) is 5.26. The lowest BCUT2D eigenvalue weighted by atomic mass is 10.1. The number of nitro groups is 1. The molecule has 1 saturated heterocycles. The second kappa shape index (κ2) is 11.3. The van der Waals surface area contributed by atoms with Gasteiger partial charge in [-0.3, -0.25) is 14.9 Å². The molecule has 0 aromatic heterocycles. The first-order valence-corrected chi connectivity index (χ1v) is 10.5. The number of rotatable bonds is 11. The van der Waals surface area contributed by atoms with E-state index in [-0.39, 0.29) is 24.1 Å². The van der Waals surface area contributed by atoms with Crippen molar-refractivity contribution in [1.82, 2.24) is 4.90 Å². The number of amides is 1. The Morgan fingerprint density at radius 3 is 2.62 bits per heavy atom. The zero-order valence-corrected chi connectivity index (χ0v) is 18.2. The molecule has 0 spiro atoms. The van der Waals surface area contributed by atoms with Gasteiger partial charge in [-0.15, -0.1) is 0 Å². The average molecular weight is 440 g/mol. The molecule has 1 heterocycles. The number of carbonyl (C=O) groups excluding carboxylic acids is 1. The Labute approximate surface area is 187 Å². The lowest BCUT2D eigenvalue weighted by molar-refractivity contribution is -0.384. The number of methoxy groups -OCH3 is 1. The number of nitrogens with zero attached hydrogens (tertiary/aromatic N) is 2. The van der Waals surface area contributed by atoms with Gasteiger partial charge < -0.3 is 19.1 Å². The quantitative estimate of drug-likeness (QED) is 0.299. The van der Waals surface area contributed by atoms with Crippen LogP contribution >= 0.6 is 0 Å². The van der Waals surface area contributed by atoms with E-state index in [2.05, 4.69) is 6.58 Å². The molecule has 8 nitrogen and oxygen atoms in total. The molecule has 1 unspecified atom stereocenters. The van der Waals surface area contributed by atoms with Gasteiger partial charge in [-0.1, -0.05) is 30.9 Å². The van der Waals surface area contributed by atoms with Crippen LogP contribution in [0.2, 0.25) is 0 Å². The van der Waals surface area contributed by atoms with Crippen LogP contribution in [-0.2, 0) is 22.5 Å². The standard InChI is InChI=1S/C24H28N2O6/c1-3-12-32-22-11-8-19(14-23(22)30-2)16-25(17-21-5-4-13-31-21)24(27)15-18-6-9-20(10-7-18)26(28)29/h3,6-11,14,21H,1,4-5,12-13,15-17H2,2H3. The first-order valence-electron chi connectivity index (χ1n) is 10.5. The Kier molecular flexibility index (Phi) is 8.21. The molecule has 1 aliphatic heterocycles. The van der Waals surface area contributed by atoms with Crippen LogP contribution in [0.1, 0.15) is 24.0 Å². The van der Waals surface area contributed by atoms with Gasteiger partial charge in [-0.05, 0) is 36.1 Å². The summed E-state index contributed by atoms with van der Waals surface area (Å²) >= 11 is 0. The molecule has 1 aliphatic rings. The van der Waals surface area contributed by atoms with Crippen molar-refractivity contribution >= 4 is 11.6 Å². The Morgan fingerprint density at radius 1 is 1.25 bits per heavy atom. The van der Waals surface area contributed by atoms with E-state index in [9.17, 15) is 14.9 Å². The molecule has 0 bridgehead atoms. The summed E-state index contributed by atoms with van der Waals surface area (Å²) in [7, 11) is 1.57. The van der Waals surface area contributed by atoms with Gasteiger partial charge in [0.25, 0.3) is 5.69 Å². The Bertz CT molecular complexity index is 938. The van der Waals surface area contributed by atoms with Crippen LogP contribution in [0.15, 0.2) is 55.1 Å². The number of carbonyl (C=O) groups is 1. The lowest BCUT2D eigenvalue weighted by Crippen LogP contribution is -2.37. The van der Waals surface area contributed by atoms with E-state index in [0.717, 1.165) is 24.0 Å². The van der Waals surface area contributed by atoms with E-state index in [4.69, 9.17) is 14.2 Å². The van der Waals surface area contributed by atoms with E-state index in [0.29, 0.717) is 37.8 Å². The Balaban J connectivity index is 1.75. The molecule has 1 fully saturated rings. The maximum Gasteiger partial charge on any atom is 0.269 e. The van der Waals surface area contributed by atoms with Crippen LogP contribution in [0.5, 0.6) is 11.5 Å². The second-order valence-corrected chi connectivity index (χ2v) is 7.59. The van der Waals surface area contributed by atoms with E-state index >= 15 is 0 Å². The van der Waals surface area contributed by atoms with Crippen LogP contribution in [0, 0.1) is 10.1 Å². The first-order chi connectivity index (χ1) is 15.5. The van der Waals surface area contributed by atoms with E-state index < -0.39 is 4.92 Å². The summed E-state index contributed by atoms with van der Waals surface area (Å²) in [6, 6.07) is 11.7. The zero-order chi connectivity index (χ0) is 22.9. The number of benzene rings is 2. The molecule has 1 amide bonds. The summed E-state index contributed by atoms with van der Waals surface area (Å²) < 4.78 is 16.8. The van der Waals surface area contributed by atoms with Crippen molar-refractivity contribution in [3.63, 3.8) is 0 Å². The minimum Gasteiger partial charge on any atom is -0.493 e. The summed E-state index contributed by atoms with van der Waals surface area (Å²) in [4.78, 5) is 25.3. The van der Waals surface area contributed by atoms with Gasteiger partial charge in [0.2, 0.25) is 5.91 Å². The van der Waals surface area contributed by atoms with Gasteiger partial charge in [0.15, 0.2) is 11.5 Å². The highest BCUT2D eigenvalue weighted by Gasteiger charge is 2.23. The third-order valence-electron chi connectivity index (χ3n) is 5.26. The van der Waals surface area contributed by atoms with Gasteiger partial charge in [0.05, 0.1) is 24.6 Å². The zero-order valence-electron chi connectivity index (χ0n) is 18.2. The van der Waals surface area contributed by atoms with Crippen LogP contribution < -0.4 is 9.47 Å². The highest BCUT2D eigenvalue weighted by Crippen LogP contribution is 2.29. The summed E-state index contributed by atoms with van der Waals surface area (Å²) in [6.45, 7) is 5.61. The number of nitro benzene ring substituents is 1. The molecule has 32 heavy (non-hydrogen) atoms. The predicted molar refractivity (Wildman–Crippen MR) is 120 cm³/mol. The second-order valence-electron chi connectivity index (χ2n) is 7.59. The molecular weight excluding hydrogens is 412 g/mol. The highest BCUT2D eigenvalue weighted by molar-refractivity contribution is 5.79. The normalized spacial score (nSPS) is 15.2.